The third-order valence-electron chi connectivity index (χ3n) is 3.82. The standard InChI is InChI=1S/C19H14FNS2/c20-14-9-7-13(8-10-14)19-12-16(17-6-3-11-22-17)21-15-4-1-2-5-18(15)23-19/h1-11,19H,12H2/t19-/m0/s1. The van der Waals surface area contributed by atoms with Gasteiger partial charge in [-0.3, -0.25) is 4.99 Å². The van der Waals surface area contributed by atoms with Gasteiger partial charge in [0.25, 0.3) is 0 Å². The lowest BCUT2D eigenvalue weighted by atomic mass is 10.1. The lowest BCUT2D eigenvalue weighted by Gasteiger charge is -2.15. The molecule has 0 aliphatic carbocycles. The maximum Gasteiger partial charge on any atom is 0.123 e. The van der Waals surface area contributed by atoms with Crippen LogP contribution in [0.3, 0.4) is 0 Å². The van der Waals surface area contributed by atoms with Crippen molar-refractivity contribution in [3.63, 3.8) is 0 Å². The van der Waals surface area contributed by atoms with Crippen molar-refractivity contribution in [3.8, 4) is 0 Å². The summed E-state index contributed by atoms with van der Waals surface area (Å²) in [4.78, 5) is 7.28. The molecule has 0 bridgehead atoms. The Hall–Kier alpha value is -1.91. The fourth-order valence-electron chi connectivity index (χ4n) is 2.67. The molecule has 23 heavy (non-hydrogen) atoms. The SMILES string of the molecule is Fc1ccc([C@@H]2CC(c3cccs3)=Nc3ccccc3S2)cc1. The van der Waals surface area contributed by atoms with Gasteiger partial charge in [0.05, 0.1) is 11.4 Å². The molecule has 0 unspecified atom stereocenters. The molecular weight excluding hydrogens is 325 g/mol. The molecule has 0 spiro atoms. The first-order valence-electron chi connectivity index (χ1n) is 7.42. The summed E-state index contributed by atoms with van der Waals surface area (Å²) in [5, 5.41) is 2.31. The zero-order valence-corrected chi connectivity index (χ0v) is 13.9. The first kappa shape index (κ1) is 14.7. The van der Waals surface area contributed by atoms with Crippen LogP contribution in [-0.4, -0.2) is 5.71 Å². The Labute approximate surface area is 142 Å². The molecule has 4 rings (SSSR count). The van der Waals surface area contributed by atoms with Crippen LogP contribution < -0.4 is 0 Å². The molecule has 1 nitrogen and oxygen atoms in total. The van der Waals surface area contributed by atoms with Gasteiger partial charge in [-0.15, -0.1) is 23.1 Å². The second-order valence-corrected chi connectivity index (χ2v) is 7.56. The molecule has 2 aromatic carbocycles. The number of para-hydroxylation sites is 1. The second-order valence-electron chi connectivity index (χ2n) is 5.37. The van der Waals surface area contributed by atoms with E-state index in [0.29, 0.717) is 0 Å². The van der Waals surface area contributed by atoms with Gasteiger partial charge in [-0.05, 0) is 41.3 Å². The smallest absolute Gasteiger partial charge is 0.123 e. The summed E-state index contributed by atoms with van der Waals surface area (Å²) < 4.78 is 13.2. The highest BCUT2D eigenvalue weighted by Gasteiger charge is 2.22. The number of thiophene rings is 1. The number of fused-ring (bicyclic) bond motifs is 1. The van der Waals surface area contributed by atoms with Crippen LogP contribution in [0, 0.1) is 5.82 Å². The largest absolute Gasteiger partial charge is 0.251 e. The maximum atomic E-state index is 13.2. The normalized spacial score (nSPS) is 17.3. The number of aliphatic imine (C=N–C) groups is 1. The Morgan fingerprint density at radius 2 is 1.78 bits per heavy atom. The predicted molar refractivity (Wildman–Crippen MR) is 96.6 cm³/mol. The monoisotopic (exact) mass is 339 g/mol. The fourth-order valence-corrected chi connectivity index (χ4v) is 4.63. The van der Waals surface area contributed by atoms with Crippen LogP contribution in [0.4, 0.5) is 10.1 Å². The number of rotatable bonds is 2. The van der Waals surface area contributed by atoms with Crippen molar-refractivity contribution in [2.24, 2.45) is 4.99 Å². The van der Waals surface area contributed by atoms with Crippen LogP contribution in [0.2, 0.25) is 0 Å². The molecule has 114 valence electrons. The fraction of sp³-hybridized carbons (Fsp3) is 0.105. The molecule has 0 amide bonds. The highest BCUT2D eigenvalue weighted by Crippen LogP contribution is 2.45. The van der Waals surface area contributed by atoms with Crippen molar-refractivity contribution in [1.29, 1.82) is 0 Å². The molecule has 3 aromatic rings. The summed E-state index contributed by atoms with van der Waals surface area (Å²) in [6, 6.07) is 19.2. The Balaban J connectivity index is 1.78. The van der Waals surface area contributed by atoms with E-state index in [9.17, 15) is 4.39 Å². The number of hydrogen-bond acceptors (Lipinski definition) is 3. The lowest BCUT2D eigenvalue weighted by Crippen LogP contribution is -2.03. The molecule has 0 saturated heterocycles. The molecule has 0 saturated carbocycles. The van der Waals surface area contributed by atoms with Crippen LogP contribution >= 0.6 is 23.1 Å². The minimum Gasteiger partial charge on any atom is -0.251 e. The summed E-state index contributed by atoms with van der Waals surface area (Å²) in [6.07, 6.45) is 0.839. The van der Waals surface area contributed by atoms with E-state index in [4.69, 9.17) is 4.99 Å². The molecule has 1 aliphatic rings. The van der Waals surface area contributed by atoms with E-state index < -0.39 is 0 Å². The van der Waals surface area contributed by atoms with Crippen LogP contribution in [0.25, 0.3) is 0 Å². The summed E-state index contributed by atoms with van der Waals surface area (Å²) in [5.74, 6) is -0.195. The van der Waals surface area contributed by atoms with Crippen molar-refractivity contribution in [2.75, 3.05) is 0 Å². The van der Waals surface area contributed by atoms with Gasteiger partial charge in [-0.25, -0.2) is 4.39 Å². The molecule has 1 aromatic heterocycles. The van der Waals surface area contributed by atoms with E-state index in [0.717, 1.165) is 23.4 Å². The molecule has 2 heterocycles. The van der Waals surface area contributed by atoms with Gasteiger partial charge in [0, 0.05) is 21.4 Å². The van der Waals surface area contributed by atoms with Gasteiger partial charge >= 0.3 is 0 Å². The highest BCUT2D eigenvalue weighted by molar-refractivity contribution is 7.99. The molecule has 1 aliphatic heterocycles. The Kier molecular flexibility index (Phi) is 4.02. The van der Waals surface area contributed by atoms with Gasteiger partial charge in [-0.2, -0.15) is 0 Å². The van der Waals surface area contributed by atoms with Crippen LogP contribution in [0.5, 0.6) is 0 Å². The predicted octanol–water partition coefficient (Wildman–Crippen LogP) is 6.25. The minimum atomic E-state index is -0.195. The molecule has 0 N–H and O–H groups in total. The zero-order valence-electron chi connectivity index (χ0n) is 12.3. The zero-order chi connectivity index (χ0) is 15.6. The third-order valence-corrected chi connectivity index (χ3v) is 6.06. The Morgan fingerprint density at radius 1 is 0.957 bits per heavy atom. The van der Waals surface area contributed by atoms with Crippen molar-refractivity contribution >= 4 is 34.5 Å². The second kappa shape index (κ2) is 6.30. The lowest BCUT2D eigenvalue weighted by molar-refractivity contribution is 0.627. The average Bonchev–Trinajstić information content (AvgIpc) is 3.03. The molecular formula is C19H14FNS2. The first-order chi connectivity index (χ1) is 11.3. The number of benzene rings is 2. The van der Waals surface area contributed by atoms with Gasteiger partial charge in [0.15, 0.2) is 0 Å². The van der Waals surface area contributed by atoms with Crippen molar-refractivity contribution in [3.05, 3.63) is 82.3 Å². The topological polar surface area (TPSA) is 12.4 Å². The van der Waals surface area contributed by atoms with E-state index >= 15 is 0 Å². The number of thioether (sulfide) groups is 1. The quantitative estimate of drug-likeness (QED) is 0.538. The van der Waals surface area contributed by atoms with Gasteiger partial charge in [0.1, 0.15) is 5.82 Å². The van der Waals surface area contributed by atoms with Crippen molar-refractivity contribution in [2.45, 2.75) is 16.6 Å². The summed E-state index contributed by atoms with van der Waals surface area (Å²) in [7, 11) is 0. The van der Waals surface area contributed by atoms with E-state index in [1.807, 2.05) is 24.3 Å². The maximum absolute atomic E-state index is 13.2. The van der Waals surface area contributed by atoms with Gasteiger partial charge < -0.3 is 0 Å². The number of hydrogen-bond donors (Lipinski definition) is 0. The third kappa shape index (κ3) is 3.09. The average molecular weight is 339 g/mol. The van der Waals surface area contributed by atoms with Crippen LogP contribution in [0.15, 0.2) is 75.9 Å². The first-order valence-corrected chi connectivity index (χ1v) is 9.18. The van der Waals surface area contributed by atoms with Gasteiger partial charge in [-0.1, -0.05) is 30.3 Å². The highest BCUT2D eigenvalue weighted by atomic mass is 32.2. The summed E-state index contributed by atoms with van der Waals surface area (Å²) >= 11 is 3.52. The van der Waals surface area contributed by atoms with Crippen molar-refractivity contribution in [1.82, 2.24) is 0 Å². The van der Waals surface area contributed by atoms with Crippen molar-refractivity contribution < 1.29 is 4.39 Å². The van der Waals surface area contributed by atoms with Crippen LogP contribution in [-0.2, 0) is 0 Å². The molecule has 4 heteroatoms. The molecule has 0 fully saturated rings. The number of halogens is 1. The van der Waals surface area contributed by atoms with Crippen LogP contribution in [0.1, 0.15) is 22.1 Å². The van der Waals surface area contributed by atoms with E-state index in [1.165, 1.54) is 21.9 Å². The summed E-state index contributed by atoms with van der Waals surface area (Å²) in [6.45, 7) is 0. The Morgan fingerprint density at radius 3 is 2.57 bits per heavy atom. The minimum absolute atomic E-state index is 0.195. The van der Waals surface area contributed by atoms with E-state index in [2.05, 4.69) is 29.6 Å². The van der Waals surface area contributed by atoms with E-state index in [1.54, 1.807) is 23.1 Å². The summed E-state index contributed by atoms with van der Waals surface area (Å²) in [5.41, 5.74) is 3.26. The number of nitrogens with zero attached hydrogens (tertiary/aromatic N) is 1. The van der Waals surface area contributed by atoms with Gasteiger partial charge in [0.2, 0.25) is 0 Å². The van der Waals surface area contributed by atoms with E-state index in [-0.39, 0.29) is 11.1 Å². The Bertz CT molecular complexity index is 838. The molecule has 0 radical (unpaired) electrons. The molecule has 1 atom stereocenters.